The van der Waals surface area contributed by atoms with Gasteiger partial charge in [0.2, 0.25) is 0 Å². The van der Waals surface area contributed by atoms with Gasteiger partial charge in [-0.25, -0.2) is 0 Å². The first-order valence-corrected chi connectivity index (χ1v) is 10.3. The van der Waals surface area contributed by atoms with Crippen molar-refractivity contribution in [3.63, 3.8) is 0 Å². The normalized spacial score (nSPS) is 11.8. The number of anilines is 1. The third-order valence-corrected chi connectivity index (χ3v) is 10.9. The van der Waals surface area contributed by atoms with E-state index in [-0.39, 0.29) is 0 Å². The summed E-state index contributed by atoms with van der Waals surface area (Å²) in [6.07, 6.45) is 0. The standard InChI is InChI=1S/C19H31NSi/c1-15(2)21(16(3)4,17(5)6)13-12-18-10-9-11-19(14-18)20(7)8/h9-11,14-17H,1-8H3. The molecule has 0 aliphatic rings. The molecule has 0 amide bonds. The van der Waals surface area contributed by atoms with Gasteiger partial charge in [0.25, 0.3) is 0 Å². The van der Waals surface area contributed by atoms with Gasteiger partial charge in [0.05, 0.1) is 0 Å². The minimum atomic E-state index is -1.63. The zero-order chi connectivity index (χ0) is 16.2. The first-order chi connectivity index (χ1) is 9.71. The Balaban J connectivity index is 3.25. The molecular formula is C19H31NSi. The molecule has 0 radical (unpaired) electrons. The second-order valence-electron chi connectivity index (χ2n) is 7.09. The molecule has 0 saturated carbocycles. The average Bonchev–Trinajstić information content (AvgIpc) is 2.38. The van der Waals surface area contributed by atoms with Crippen LogP contribution in [0.2, 0.25) is 16.6 Å². The molecule has 116 valence electrons. The molecule has 1 nitrogen and oxygen atoms in total. The number of hydrogen-bond acceptors (Lipinski definition) is 1. The third kappa shape index (κ3) is 3.92. The van der Waals surface area contributed by atoms with Crippen molar-refractivity contribution in [3.05, 3.63) is 29.8 Å². The Hall–Kier alpha value is -1.20. The van der Waals surface area contributed by atoms with Crippen LogP contribution in [0.3, 0.4) is 0 Å². The van der Waals surface area contributed by atoms with Gasteiger partial charge in [-0.15, -0.1) is 5.54 Å². The second kappa shape index (κ2) is 7.18. The lowest BCUT2D eigenvalue weighted by atomic mass is 10.2. The van der Waals surface area contributed by atoms with Crippen LogP contribution in [0.25, 0.3) is 0 Å². The molecule has 21 heavy (non-hydrogen) atoms. The average molecular weight is 302 g/mol. The zero-order valence-electron chi connectivity index (χ0n) is 15.0. The van der Waals surface area contributed by atoms with Gasteiger partial charge in [-0.1, -0.05) is 53.5 Å². The molecule has 0 spiro atoms. The first kappa shape index (κ1) is 17.8. The Morgan fingerprint density at radius 1 is 0.905 bits per heavy atom. The summed E-state index contributed by atoms with van der Waals surface area (Å²) in [5, 5.41) is 0. The summed E-state index contributed by atoms with van der Waals surface area (Å²) in [6.45, 7) is 14.1. The van der Waals surface area contributed by atoms with Crippen molar-refractivity contribution in [3.8, 4) is 11.5 Å². The van der Waals surface area contributed by atoms with Gasteiger partial charge in [0, 0.05) is 25.3 Å². The van der Waals surface area contributed by atoms with Gasteiger partial charge in [-0.3, -0.25) is 0 Å². The van der Waals surface area contributed by atoms with Gasteiger partial charge in [-0.05, 0) is 34.8 Å². The minimum absolute atomic E-state index is 0.682. The molecule has 0 atom stereocenters. The van der Waals surface area contributed by atoms with Crippen molar-refractivity contribution in [2.45, 2.75) is 58.2 Å². The quantitative estimate of drug-likeness (QED) is 0.537. The highest BCUT2D eigenvalue weighted by molar-refractivity contribution is 6.90. The van der Waals surface area contributed by atoms with E-state index < -0.39 is 8.07 Å². The van der Waals surface area contributed by atoms with Crippen LogP contribution in [-0.4, -0.2) is 22.2 Å². The summed E-state index contributed by atoms with van der Waals surface area (Å²) < 4.78 is 0. The molecule has 0 bridgehead atoms. The Morgan fingerprint density at radius 3 is 1.86 bits per heavy atom. The summed E-state index contributed by atoms with van der Waals surface area (Å²) in [5.41, 5.74) is 8.19. The molecule has 0 aliphatic carbocycles. The van der Waals surface area contributed by atoms with Crippen LogP contribution in [0.4, 0.5) is 5.69 Å². The van der Waals surface area contributed by atoms with Crippen LogP contribution < -0.4 is 4.90 Å². The van der Waals surface area contributed by atoms with Crippen LogP contribution in [0.15, 0.2) is 24.3 Å². The fraction of sp³-hybridized carbons (Fsp3) is 0.579. The summed E-state index contributed by atoms with van der Waals surface area (Å²) in [5.74, 6) is 3.51. The van der Waals surface area contributed by atoms with Crippen LogP contribution in [0.5, 0.6) is 0 Å². The van der Waals surface area contributed by atoms with E-state index in [1.165, 1.54) is 5.69 Å². The summed E-state index contributed by atoms with van der Waals surface area (Å²) in [4.78, 5) is 2.13. The molecule has 0 aliphatic heterocycles. The number of benzene rings is 1. The molecule has 1 aromatic carbocycles. The highest BCUT2D eigenvalue weighted by Gasteiger charge is 2.41. The molecule has 0 saturated heterocycles. The lowest BCUT2D eigenvalue weighted by Crippen LogP contribution is -2.43. The Kier molecular flexibility index (Phi) is 6.10. The van der Waals surface area contributed by atoms with E-state index >= 15 is 0 Å². The Morgan fingerprint density at radius 2 is 1.43 bits per heavy atom. The maximum absolute atomic E-state index is 3.78. The van der Waals surface area contributed by atoms with E-state index in [2.05, 4.69) is 96.3 Å². The monoisotopic (exact) mass is 301 g/mol. The van der Waals surface area contributed by atoms with Crippen molar-refractivity contribution >= 4 is 13.8 Å². The predicted molar refractivity (Wildman–Crippen MR) is 98.7 cm³/mol. The SMILES string of the molecule is CC(C)[Si](C#Cc1cccc(N(C)C)c1)(C(C)C)C(C)C. The van der Waals surface area contributed by atoms with Crippen LogP contribution >= 0.6 is 0 Å². The minimum Gasteiger partial charge on any atom is -0.378 e. The van der Waals surface area contributed by atoms with Gasteiger partial charge < -0.3 is 4.90 Å². The lowest BCUT2D eigenvalue weighted by molar-refractivity contribution is 0.838. The van der Waals surface area contributed by atoms with Crippen molar-refractivity contribution in [1.82, 2.24) is 0 Å². The van der Waals surface area contributed by atoms with E-state index in [1.807, 2.05) is 0 Å². The summed E-state index contributed by atoms with van der Waals surface area (Å²) in [7, 11) is 2.51. The number of hydrogen-bond donors (Lipinski definition) is 0. The molecular weight excluding hydrogens is 270 g/mol. The Labute approximate surface area is 132 Å². The summed E-state index contributed by atoms with van der Waals surface area (Å²) >= 11 is 0. The molecule has 0 unspecified atom stereocenters. The van der Waals surface area contributed by atoms with Crippen LogP contribution in [0, 0.1) is 11.5 Å². The maximum atomic E-state index is 3.78. The molecule has 1 rings (SSSR count). The number of nitrogens with zero attached hydrogens (tertiary/aromatic N) is 1. The molecule has 0 heterocycles. The molecule has 0 N–H and O–H groups in total. The fourth-order valence-corrected chi connectivity index (χ4v) is 8.70. The predicted octanol–water partition coefficient (Wildman–Crippen LogP) is 5.32. The topological polar surface area (TPSA) is 3.24 Å². The van der Waals surface area contributed by atoms with Crippen molar-refractivity contribution in [2.75, 3.05) is 19.0 Å². The van der Waals surface area contributed by atoms with Gasteiger partial charge in [0.1, 0.15) is 8.07 Å². The van der Waals surface area contributed by atoms with Crippen molar-refractivity contribution < 1.29 is 0 Å². The van der Waals surface area contributed by atoms with Crippen molar-refractivity contribution in [2.24, 2.45) is 0 Å². The second-order valence-corrected chi connectivity index (χ2v) is 12.7. The van der Waals surface area contributed by atoms with Gasteiger partial charge in [-0.2, -0.15) is 0 Å². The third-order valence-electron chi connectivity index (χ3n) is 4.65. The maximum Gasteiger partial charge on any atom is 0.146 e. The van der Waals surface area contributed by atoms with E-state index in [9.17, 15) is 0 Å². The van der Waals surface area contributed by atoms with Crippen LogP contribution in [-0.2, 0) is 0 Å². The fourth-order valence-electron chi connectivity index (χ4n) is 3.48. The molecule has 2 heteroatoms. The van der Waals surface area contributed by atoms with E-state index in [1.54, 1.807) is 0 Å². The van der Waals surface area contributed by atoms with E-state index in [0.29, 0.717) is 16.6 Å². The molecule has 1 aromatic rings. The van der Waals surface area contributed by atoms with Crippen molar-refractivity contribution in [1.29, 1.82) is 0 Å². The highest BCUT2D eigenvalue weighted by Crippen LogP contribution is 2.40. The smallest absolute Gasteiger partial charge is 0.146 e. The summed E-state index contributed by atoms with van der Waals surface area (Å²) in [6, 6.07) is 8.54. The van der Waals surface area contributed by atoms with Gasteiger partial charge in [0.15, 0.2) is 0 Å². The van der Waals surface area contributed by atoms with E-state index in [0.717, 1.165) is 5.56 Å². The van der Waals surface area contributed by atoms with Crippen LogP contribution in [0.1, 0.15) is 47.1 Å². The Bertz CT molecular complexity index is 496. The number of rotatable bonds is 4. The molecule has 0 aromatic heterocycles. The lowest BCUT2D eigenvalue weighted by Gasteiger charge is -2.38. The molecule has 0 fully saturated rings. The van der Waals surface area contributed by atoms with Gasteiger partial charge >= 0.3 is 0 Å². The largest absolute Gasteiger partial charge is 0.378 e. The highest BCUT2D eigenvalue weighted by atomic mass is 28.3. The zero-order valence-corrected chi connectivity index (χ0v) is 16.0. The van der Waals surface area contributed by atoms with E-state index in [4.69, 9.17) is 0 Å². The first-order valence-electron chi connectivity index (χ1n) is 8.02.